The number of nitrogens with zero attached hydrogens (tertiary/aromatic N) is 2. The van der Waals surface area contributed by atoms with Gasteiger partial charge in [-0.2, -0.15) is 0 Å². The van der Waals surface area contributed by atoms with E-state index in [0.717, 1.165) is 31.5 Å². The van der Waals surface area contributed by atoms with Crippen molar-refractivity contribution in [1.29, 1.82) is 0 Å². The van der Waals surface area contributed by atoms with Gasteiger partial charge in [-0.3, -0.25) is 9.89 Å². The lowest BCUT2D eigenvalue weighted by atomic mass is 10.2. The third-order valence-corrected chi connectivity index (χ3v) is 3.96. The van der Waals surface area contributed by atoms with Gasteiger partial charge < -0.3 is 10.6 Å². The number of aliphatic imine (C=N–C) groups is 1. The Kier molecular flexibility index (Phi) is 5.29. The number of hydrogen-bond donors (Lipinski definition) is 2. The topological polar surface area (TPSA) is 39.7 Å². The van der Waals surface area contributed by atoms with Gasteiger partial charge >= 0.3 is 0 Å². The van der Waals surface area contributed by atoms with Gasteiger partial charge in [0.2, 0.25) is 0 Å². The molecule has 0 spiro atoms. The van der Waals surface area contributed by atoms with Crippen molar-refractivity contribution in [3.8, 4) is 0 Å². The molecule has 1 unspecified atom stereocenters. The Hall–Kier alpha value is -0.770. The average Bonchev–Trinajstić information content (AvgIpc) is 3.10. The molecule has 0 radical (unpaired) electrons. The summed E-state index contributed by atoms with van der Waals surface area (Å²) in [6.45, 7) is 9.79. The Morgan fingerprint density at radius 3 is 2.72 bits per heavy atom. The Balaban J connectivity index is 1.75. The van der Waals surface area contributed by atoms with Crippen LogP contribution in [0.4, 0.5) is 0 Å². The molecule has 4 nitrogen and oxygen atoms in total. The van der Waals surface area contributed by atoms with Crippen molar-refractivity contribution in [1.82, 2.24) is 15.5 Å². The van der Waals surface area contributed by atoms with Crippen LogP contribution in [0.25, 0.3) is 0 Å². The molecule has 1 aliphatic heterocycles. The number of rotatable bonds is 6. The summed E-state index contributed by atoms with van der Waals surface area (Å²) in [5, 5.41) is 6.85. The van der Waals surface area contributed by atoms with Gasteiger partial charge in [0.15, 0.2) is 5.96 Å². The molecule has 2 rings (SSSR count). The number of guanidine groups is 1. The Bertz CT molecular complexity index is 273. The molecule has 1 saturated carbocycles. The van der Waals surface area contributed by atoms with Crippen molar-refractivity contribution in [2.45, 2.75) is 45.6 Å². The first kappa shape index (κ1) is 13.7. The Morgan fingerprint density at radius 1 is 1.22 bits per heavy atom. The van der Waals surface area contributed by atoms with E-state index in [2.05, 4.69) is 34.4 Å². The van der Waals surface area contributed by atoms with Gasteiger partial charge in [0.1, 0.15) is 0 Å². The number of nitrogens with one attached hydrogen (secondary N) is 2. The monoisotopic (exact) mass is 252 g/mol. The van der Waals surface area contributed by atoms with Crippen molar-refractivity contribution in [3.63, 3.8) is 0 Å². The third-order valence-electron chi connectivity index (χ3n) is 3.96. The summed E-state index contributed by atoms with van der Waals surface area (Å²) < 4.78 is 0. The lowest BCUT2D eigenvalue weighted by Gasteiger charge is -2.23. The van der Waals surface area contributed by atoms with Crippen molar-refractivity contribution in [2.24, 2.45) is 10.9 Å². The van der Waals surface area contributed by atoms with E-state index in [1.807, 2.05) is 0 Å². The first-order chi connectivity index (χ1) is 8.83. The standard InChI is InChI=1S/C14H28N4/c1-3-15-14(16-10-12-7-8-12)17-11-13-6-5-9-18(13)4-2/h12-13H,3-11H2,1-2H3,(H2,15,16,17). The first-order valence-corrected chi connectivity index (χ1v) is 7.59. The molecule has 18 heavy (non-hydrogen) atoms. The molecule has 1 atom stereocenters. The van der Waals surface area contributed by atoms with Crippen LogP contribution in [0.1, 0.15) is 39.5 Å². The summed E-state index contributed by atoms with van der Waals surface area (Å²) in [7, 11) is 0. The number of likely N-dealkylation sites (N-methyl/N-ethyl adjacent to an activating group) is 1. The Morgan fingerprint density at radius 2 is 2.06 bits per heavy atom. The third kappa shape index (κ3) is 4.16. The highest BCUT2D eigenvalue weighted by atomic mass is 15.2. The second-order valence-electron chi connectivity index (χ2n) is 5.47. The van der Waals surface area contributed by atoms with Gasteiger partial charge in [-0.05, 0) is 51.6 Å². The van der Waals surface area contributed by atoms with E-state index in [1.54, 1.807) is 0 Å². The van der Waals surface area contributed by atoms with Crippen LogP contribution in [-0.2, 0) is 0 Å². The molecule has 1 aliphatic carbocycles. The first-order valence-electron chi connectivity index (χ1n) is 7.59. The van der Waals surface area contributed by atoms with Gasteiger partial charge in [0, 0.05) is 25.7 Å². The lowest BCUT2D eigenvalue weighted by molar-refractivity contribution is 0.267. The molecule has 4 heteroatoms. The van der Waals surface area contributed by atoms with Gasteiger partial charge in [0.05, 0.1) is 0 Å². The maximum atomic E-state index is 4.66. The normalized spacial score (nSPS) is 25.4. The summed E-state index contributed by atoms with van der Waals surface area (Å²) in [6.07, 6.45) is 5.41. The van der Waals surface area contributed by atoms with E-state index >= 15 is 0 Å². The maximum absolute atomic E-state index is 4.66. The van der Waals surface area contributed by atoms with Crippen LogP contribution >= 0.6 is 0 Å². The van der Waals surface area contributed by atoms with Crippen LogP contribution in [0.2, 0.25) is 0 Å². The maximum Gasteiger partial charge on any atom is 0.191 e. The Labute approximate surface area is 111 Å². The van der Waals surface area contributed by atoms with Gasteiger partial charge in [-0.15, -0.1) is 0 Å². The van der Waals surface area contributed by atoms with E-state index in [9.17, 15) is 0 Å². The largest absolute Gasteiger partial charge is 0.357 e. The zero-order valence-electron chi connectivity index (χ0n) is 11.9. The van der Waals surface area contributed by atoms with Crippen LogP contribution in [0, 0.1) is 5.92 Å². The zero-order valence-corrected chi connectivity index (χ0v) is 11.9. The van der Waals surface area contributed by atoms with Crippen molar-refractivity contribution < 1.29 is 0 Å². The molecular formula is C14H28N4. The van der Waals surface area contributed by atoms with E-state index < -0.39 is 0 Å². The van der Waals surface area contributed by atoms with Crippen LogP contribution in [0.3, 0.4) is 0 Å². The van der Waals surface area contributed by atoms with Gasteiger partial charge in [-0.1, -0.05) is 6.92 Å². The minimum Gasteiger partial charge on any atom is -0.357 e. The molecule has 2 fully saturated rings. The van der Waals surface area contributed by atoms with Crippen LogP contribution in [0.5, 0.6) is 0 Å². The summed E-state index contributed by atoms with van der Waals surface area (Å²) >= 11 is 0. The second kappa shape index (κ2) is 6.98. The van der Waals surface area contributed by atoms with E-state index in [4.69, 9.17) is 0 Å². The molecule has 0 bridgehead atoms. The zero-order chi connectivity index (χ0) is 12.8. The molecule has 2 N–H and O–H groups in total. The van der Waals surface area contributed by atoms with Crippen molar-refractivity contribution >= 4 is 5.96 Å². The fourth-order valence-electron chi connectivity index (χ4n) is 2.62. The highest BCUT2D eigenvalue weighted by Crippen LogP contribution is 2.28. The fraction of sp³-hybridized carbons (Fsp3) is 0.929. The van der Waals surface area contributed by atoms with Gasteiger partial charge in [0.25, 0.3) is 0 Å². The number of likely N-dealkylation sites (tertiary alicyclic amines) is 1. The molecule has 2 aliphatic rings. The molecule has 0 aromatic carbocycles. The highest BCUT2D eigenvalue weighted by Gasteiger charge is 2.23. The summed E-state index contributed by atoms with van der Waals surface area (Å²) in [5.74, 6) is 1.87. The molecule has 0 aromatic rings. The molecule has 0 amide bonds. The fourth-order valence-corrected chi connectivity index (χ4v) is 2.62. The average molecular weight is 252 g/mol. The van der Waals surface area contributed by atoms with Crippen molar-refractivity contribution in [3.05, 3.63) is 0 Å². The minimum absolute atomic E-state index is 0.694. The van der Waals surface area contributed by atoms with Crippen LogP contribution in [-0.4, -0.2) is 49.6 Å². The molecular weight excluding hydrogens is 224 g/mol. The van der Waals surface area contributed by atoms with E-state index in [1.165, 1.54) is 38.8 Å². The second-order valence-corrected chi connectivity index (χ2v) is 5.47. The SMILES string of the molecule is CCNC(=NCC1CC1)NCC1CCCN1CC. The molecule has 1 saturated heterocycles. The van der Waals surface area contributed by atoms with E-state index in [-0.39, 0.29) is 0 Å². The van der Waals surface area contributed by atoms with Crippen LogP contribution in [0.15, 0.2) is 4.99 Å². The smallest absolute Gasteiger partial charge is 0.191 e. The summed E-state index contributed by atoms with van der Waals surface area (Å²) in [4.78, 5) is 7.23. The van der Waals surface area contributed by atoms with Crippen molar-refractivity contribution in [2.75, 3.05) is 32.7 Å². The van der Waals surface area contributed by atoms with Gasteiger partial charge in [-0.25, -0.2) is 0 Å². The summed E-state index contributed by atoms with van der Waals surface area (Å²) in [6, 6.07) is 0.694. The molecule has 1 heterocycles. The summed E-state index contributed by atoms with van der Waals surface area (Å²) in [5.41, 5.74) is 0. The minimum atomic E-state index is 0.694. The predicted octanol–water partition coefficient (Wildman–Crippen LogP) is 1.44. The molecule has 0 aromatic heterocycles. The van der Waals surface area contributed by atoms with Crippen LogP contribution < -0.4 is 10.6 Å². The lowest BCUT2D eigenvalue weighted by Crippen LogP contribution is -2.45. The molecule has 104 valence electrons. The number of hydrogen-bond acceptors (Lipinski definition) is 2. The highest BCUT2D eigenvalue weighted by molar-refractivity contribution is 5.79. The quantitative estimate of drug-likeness (QED) is 0.555. The van der Waals surface area contributed by atoms with E-state index in [0.29, 0.717) is 6.04 Å². The predicted molar refractivity (Wildman–Crippen MR) is 77.0 cm³/mol.